The highest BCUT2D eigenvalue weighted by Gasteiger charge is 2.28. The third-order valence-electron chi connectivity index (χ3n) is 4.68. The molecule has 0 amide bonds. The molecule has 0 bridgehead atoms. The van der Waals surface area contributed by atoms with Gasteiger partial charge < -0.3 is 5.32 Å². The van der Waals surface area contributed by atoms with E-state index in [1.807, 2.05) is 0 Å². The summed E-state index contributed by atoms with van der Waals surface area (Å²) in [6, 6.07) is 1.63. The van der Waals surface area contributed by atoms with Crippen LogP contribution in [0.3, 0.4) is 0 Å². The van der Waals surface area contributed by atoms with Crippen molar-refractivity contribution in [3.8, 4) is 0 Å². The monoisotopic (exact) mass is 224 g/mol. The number of nitrogens with one attached hydrogen (secondary N) is 1. The molecule has 2 nitrogen and oxygen atoms in total. The summed E-state index contributed by atoms with van der Waals surface area (Å²) in [5, 5.41) is 3.57. The van der Waals surface area contributed by atoms with Crippen LogP contribution in [-0.2, 0) is 0 Å². The molecular weight excluding hydrogens is 196 g/mol. The van der Waals surface area contributed by atoms with Gasteiger partial charge in [-0.25, -0.2) is 0 Å². The van der Waals surface area contributed by atoms with Crippen molar-refractivity contribution in [2.75, 3.05) is 20.1 Å². The minimum Gasteiger partial charge on any atom is -0.315 e. The summed E-state index contributed by atoms with van der Waals surface area (Å²) in [5.41, 5.74) is 0. The number of piperidine rings is 1. The number of hydrogen-bond donors (Lipinski definition) is 1. The van der Waals surface area contributed by atoms with E-state index in [9.17, 15) is 0 Å². The molecule has 2 unspecified atom stereocenters. The first-order chi connectivity index (χ1) is 7.66. The number of nitrogens with zero attached hydrogens (tertiary/aromatic N) is 1. The van der Waals surface area contributed by atoms with E-state index in [2.05, 4.69) is 31.1 Å². The van der Waals surface area contributed by atoms with Crippen molar-refractivity contribution < 1.29 is 0 Å². The van der Waals surface area contributed by atoms with Crippen LogP contribution in [0.1, 0.15) is 46.0 Å². The molecule has 1 saturated heterocycles. The first-order valence-corrected chi connectivity index (χ1v) is 7.09. The summed E-state index contributed by atoms with van der Waals surface area (Å²) in [6.45, 7) is 7.19. The Morgan fingerprint density at radius 2 is 1.56 bits per heavy atom. The van der Waals surface area contributed by atoms with Crippen molar-refractivity contribution in [3.05, 3.63) is 0 Å². The van der Waals surface area contributed by atoms with Gasteiger partial charge in [0.15, 0.2) is 0 Å². The summed E-state index contributed by atoms with van der Waals surface area (Å²) in [5.74, 6) is 1.82. The van der Waals surface area contributed by atoms with Crippen molar-refractivity contribution >= 4 is 0 Å². The van der Waals surface area contributed by atoms with Gasteiger partial charge in [0.05, 0.1) is 0 Å². The predicted molar refractivity (Wildman–Crippen MR) is 69.6 cm³/mol. The van der Waals surface area contributed by atoms with Crippen LogP contribution in [0.5, 0.6) is 0 Å². The zero-order chi connectivity index (χ0) is 11.5. The first-order valence-electron chi connectivity index (χ1n) is 7.09. The Bertz CT molecular complexity index is 209. The molecule has 2 heteroatoms. The van der Waals surface area contributed by atoms with E-state index in [0.29, 0.717) is 0 Å². The molecule has 1 aliphatic carbocycles. The third kappa shape index (κ3) is 2.98. The van der Waals surface area contributed by atoms with E-state index in [1.54, 1.807) is 0 Å². The molecule has 0 aromatic heterocycles. The Morgan fingerprint density at radius 3 is 2.19 bits per heavy atom. The lowest BCUT2D eigenvalue weighted by atomic mass is 9.85. The topological polar surface area (TPSA) is 15.3 Å². The highest BCUT2D eigenvalue weighted by molar-refractivity contribution is 4.85. The molecule has 2 fully saturated rings. The van der Waals surface area contributed by atoms with Gasteiger partial charge in [-0.1, -0.05) is 13.8 Å². The van der Waals surface area contributed by atoms with Crippen molar-refractivity contribution in [1.29, 1.82) is 0 Å². The molecule has 16 heavy (non-hydrogen) atoms. The average Bonchev–Trinajstić information content (AvgIpc) is 2.29. The fraction of sp³-hybridized carbons (Fsp3) is 1.00. The van der Waals surface area contributed by atoms with E-state index in [-0.39, 0.29) is 0 Å². The summed E-state index contributed by atoms with van der Waals surface area (Å²) in [6.07, 6.45) is 7.09. The third-order valence-corrected chi connectivity index (χ3v) is 4.68. The van der Waals surface area contributed by atoms with Crippen molar-refractivity contribution in [2.24, 2.45) is 11.8 Å². The van der Waals surface area contributed by atoms with Crippen LogP contribution in [0.2, 0.25) is 0 Å². The summed E-state index contributed by atoms with van der Waals surface area (Å²) in [4.78, 5) is 2.68. The van der Waals surface area contributed by atoms with Crippen LogP contribution in [0, 0.1) is 11.8 Å². The van der Waals surface area contributed by atoms with Gasteiger partial charge >= 0.3 is 0 Å². The second-order valence-corrected chi connectivity index (χ2v) is 6.23. The quantitative estimate of drug-likeness (QED) is 0.775. The summed E-state index contributed by atoms with van der Waals surface area (Å²) >= 11 is 0. The van der Waals surface area contributed by atoms with E-state index in [4.69, 9.17) is 0 Å². The van der Waals surface area contributed by atoms with Gasteiger partial charge in [-0.3, -0.25) is 4.90 Å². The molecule has 0 aromatic rings. The molecule has 0 radical (unpaired) electrons. The van der Waals surface area contributed by atoms with Gasteiger partial charge in [0.2, 0.25) is 0 Å². The fourth-order valence-electron chi connectivity index (χ4n) is 3.39. The predicted octanol–water partition coefficient (Wildman–Crippen LogP) is 2.49. The lowest BCUT2D eigenvalue weighted by Gasteiger charge is -2.41. The van der Waals surface area contributed by atoms with Crippen LogP contribution in [0.15, 0.2) is 0 Å². The minimum atomic E-state index is 0.780. The molecule has 1 heterocycles. The van der Waals surface area contributed by atoms with E-state index >= 15 is 0 Å². The van der Waals surface area contributed by atoms with Crippen LogP contribution in [0.4, 0.5) is 0 Å². The molecule has 0 spiro atoms. The summed E-state index contributed by atoms with van der Waals surface area (Å²) in [7, 11) is 2.35. The zero-order valence-electron chi connectivity index (χ0n) is 11.2. The molecule has 2 atom stereocenters. The van der Waals surface area contributed by atoms with Crippen molar-refractivity contribution in [1.82, 2.24) is 10.2 Å². The summed E-state index contributed by atoms with van der Waals surface area (Å²) < 4.78 is 0. The molecule has 2 aliphatic rings. The van der Waals surface area contributed by atoms with Crippen LogP contribution in [0.25, 0.3) is 0 Å². The largest absolute Gasteiger partial charge is 0.315 e. The molecular formula is C14H28N2. The van der Waals surface area contributed by atoms with Gasteiger partial charge in [-0.2, -0.15) is 0 Å². The van der Waals surface area contributed by atoms with Crippen LogP contribution < -0.4 is 5.32 Å². The molecule has 1 saturated carbocycles. The maximum Gasteiger partial charge on any atom is 0.0223 e. The van der Waals surface area contributed by atoms with Gasteiger partial charge in [0.1, 0.15) is 0 Å². The molecule has 94 valence electrons. The van der Waals surface area contributed by atoms with E-state index < -0.39 is 0 Å². The normalized spacial score (nSPS) is 41.2. The van der Waals surface area contributed by atoms with E-state index in [0.717, 1.165) is 23.9 Å². The average molecular weight is 224 g/mol. The Labute approximate surface area is 101 Å². The maximum absolute atomic E-state index is 3.57. The Kier molecular flexibility index (Phi) is 4.26. The second kappa shape index (κ2) is 5.50. The number of likely N-dealkylation sites (N-methyl/N-ethyl adjacent to an activating group) is 1. The molecule has 2 rings (SSSR count). The Morgan fingerprint density at radius 1 is 0.875 bits per heavy atom. The fourth-order valence-corrected chi connectivity index (χ4v) is 3.39. The molecule has 1 N–H and O–H groups in total. The number of rotatable bonds is 2. The van der Waals surface area contributed by atoms with Gasteiger partial charge in [0.25, 0.3) is 0 Å². The van der Waals surface area contributed by atoms with Crippen molar-refractivity contribution in [2.45, 2.75) is 58.0 Å². The van der Waals surface area contributed by atoms with Gasteiger partial charge in [0, 0.05) is 18.6 Å². The van der Waals surface area contributed by atoms with E-state index in [1.165, 1.54) is 45.2 Å². The highest BCUT2D eigenvalue weighted by atomic mass is 15.2. The van der Waals surface area contributed by atoms with Crippen molar-refractivity contribution in [3.63, 3.8) is 0 Å². The van der Waals surface area contributed by atoms with Gasteiger partial charge in [-0.15, -0.1) is 0 Å². The smallest absolute Gasteiger partial charge is 0.0223 e. The van der Waals surface area contributed by atoms with Gasteiger partial charge in [-0.05, 0) is 57.5 Å². The standard InChI is InChI=1S/C14H28N2/c1-11-4-6-13(7-5-11)16(3)14-8-12(2)9-15-10-14/h11-15H,4-10H2,1-3H3. The lowest BCUT2D eigenvalue weighted by molar-refractivity contribution is 0.0949. The minimum absolute atomic E-state index is 0.780. The Hall–Kier alpha value is -0.0800. The SMILES string of the molecule is CC1CCC(N(C)C2CNCC(C)C2)CC1. The maximum atomic E-state index is 3.57. The second-order valence-electron chi connectivity index (χ2n) is 6.23. The highest BCUT2D eigenvalue weighted by Crippen LogP contribution is 2.28. The number of hydrogen-bond acceptors (Lipinski definition) is 2. The molecule has 1 aliphatic heterocycles. The zero-order valence-corrected chi connectivity index (χ0v) is 11.2. The molecule has 0 aromatic carbocycles. The Balaban J connectivity index is 1.84. The first kappa shape index (κ1) is 12.4. The van der Waals surface area contributed by atoms with Crippen LogP contribution >= 0.6 is 0 Å². The van der Waals surface area contributed by atoms with Crippen LogP contribution in [-0.4, -0.2) is 37.1 Å². The lowest BCUT2D eigenvalue weighted by Crippen LogP contribution is -2.51.